The van der Waals surface area contributed by atoms with Gasteiger partial charge in [0.2, 0.25) is 5.91 Å². The summed E-state index contributed by atoms with van der Waals surface area (Å²) in [6, 6.07) is 6.22. The van der Waals surface area contributed by atoms with Gasteiger partial charge in [0, 0.05) is 34.1 Å². The predicted octanol–water partition coefficient (Wildman–Crippen LogP) is 3.20. The third-order valence-electron chi connectivity index (χ3n) is 3.84. The summed E-state index contributed by atoms with van der Waals surface area (Å²) in [5.41, 5.74) is 3.72. The first kappa shape index (κ1) is 12.5. The molecule has 2 N–H and O–H groups in total. The van der Waals surface area contributed by atoms with Crippen molar-refractivity contribution in [3.8, 4) is 0 Å². The van der Waals surface area contributed by atoms with E-state index in [-0.39, 0.29) is 11.9 Å². The number of nitrogens with one attached hydrogen (secondary N) is 2. The monoisotopic (exact) mass is 276 g/mol. The molecule has 2 aromatic rings. The Bertz CT molecular complexity index is 632. The third kappa shape index (κ3) is 2.35. The van der Waals surface area contributed by atoms with Crippen LogP contribution in [-0.4, -0.2) is 16.9 Å². The first-order chi connectivity index (χ1) is 9.17. The molecule has 0 spiro atoms. The lowest BCUT2D eigenvalue weighted by atomic mass is 9.91. The smallest absolute Gasteiger partial charge is 0.219 e. The number of benzene rings is 1. The summed E-state index contributed by atoms with van der Waals surface area (Å²) in [5.74, 6) is 0.135. The fourth-order valence-electron chi connectivity index (χ4n) is 2.85. The van der Waals surface area contributed by atoms with Crippen LogP contribution in [0.3, 0.4) is 0 Å². The maximum atomic E-state index is 11.5. The van der Waals surface area contributed by atoms with Crippen molar-refractivity contribution in [1.82, 2.24) is 10.3 Å². The molecule has 1 amide bonds. The fourth-order valence-corrected chi connectivity index (χ4v) is 3.02. The topological polar surface area (TPSA) is 44.9 Å². The average molecular weight is 277 g/mol. The zero-order valence-electron chi connectivity index (χ0n) is 10.9. The number of carbonyl (C=O) groups is 1. The van der Waals surface area contributed by atoms with Crippen molar-refractivity contribution in [3.05, 3.63) is 34.5 Å². The molecule has 1 aliphatic carbocycles. The summed E-state index contributed by atoms with van der Waals surface area (Å²) < 4.78 is 0. The van der Waals surface area contributed by atoms with Gasteiger partial charge in [0.25, 0.3) is 0 Å². The third-order valence-corrected chi connectivity index (χ3v) is 4.07. The van der Waals surface area contributed by atoms with Crippen LogP contribution in [0.15, 0.2) is 18.2 Å². The van der Waals surface area contributed by atoms with Crippen LogP contribution >= 0.6 is 11.6 Å². The number of fused-ring (bicyclic) bond motifs is 3. The second-order valence-corrected chi connectivity index (χ2v) is 5.57. The molecule has 0 aliphatic heterocycles. The summed E-state index contributed by atoms with van der Waals surface area (Å²) in [5, 5.41) is 5.08. The van der Waals surface area contributed by atoms with Gasteiger partial charge in [-0.15, -0.1) is 0 Å². The molecule has 1 atom stereocenters. The highest BCUT2D eigenvalue weighted by Crippen LogP contribution is 2.30. The van der Waals surface area contributed by atoms with Crippen molar-refractivity contribution in [2.75, 3.05) is 0 Å². The Hall–Kier alpha value is -1.48. The van der Waals surface area contributed by atoms with E-state index >= 15 is 0 Å². The summed E-state index contributed by atoms with van der Waals surface area (Å²) in [7, 11) is 0. The zero-order valence-corrected chi connectivity index (χ0v) is 11.7. The second kappa shape index (κ2) is 4.89. The van der Waals surface area contributed by atoms with Gasteiger partial charge in [-0.3, -0.25) is 4.79 Å². The van der Waals surface area contributed by atoms with Gasteiger partial charge >= 0.3 is 0 Å². The molecule has 0 radical (unpaired) electrons. The van der Waals surface area contributed by atoms with Crippen LogP contribution in [0.1, 0.15) is 31.0 Å². The lowest BCUT2D eigenvalue weighted by molar-refractivity contribution is -0.121. The number of halogens is 1. The van der Waals surface area contributed by atoms with Gasteiger partial charge in [-0.05, 0) is 37.0 Å². The van der Waals surface area contributed by atoms with Gasteiger partial charge in [-0.2, -0.15) is 0 Å². The summed E-state index contributed by atoms with van der Waals surface area (Å²) in [6.07, 6.45) is 3.44. The Morgan fingerprint density at radius 3 is 3.16 bits per heavy atom. The van der Waals surface area contributed by atoms with Gasteiger partial charge in [-0.1, -0.05) is 24.6 Å². The molecule has 0 bridgehead atoms. The maximum Gasteiger partial charge on any atom is 0.219 e. The van der Waals surface area contributed by atoms with E-state index in [0.29, 0.717) is 6.42 Å². The van der Waals surface area contributed by atoms with Gasteiger partial charge in [0.1, 0.15) is 0 Å². The van der Waals surface area contributed by atoms with Crippen LogP contribution in [-0.2, 0) is 17.6 Å². The first-order valence-corrected chi connectivity index (χ1v) is 7.13. The van der Waals surface area contributed by atoms with Crippen molar-refractivity contribution in [1.29, 1.82) is 0 Å². The largest absolute Gasteiger partial charge is 0.358 e. The minimum atomic E-state index is 0.135. The predicted molar refractivity (Wildman–Crippen MR) is 77.6 cm³/mol. The maximum absolute atomic E-state index is 11.5. The standard InChI is InChI=1S/C15H17ClN2O/c1-2-15(19)17-10-4-6-13-12(8-10)11-5-3-9(16)7-14(11)18-13/h3,5,7,10,18H,2,4,6,8H2,1H3,(H,17,19). The molecule has 1 aromatic carbocycles. The van der Waals surface area contributed by atoms with Crippen molar-refractivity contribution in [2.45, 2.75) is 38.6 Å². The lowest BCUT2D eigenvalue weighted by Crippen LogP contribution is -2.38. The quantitative estimate of drug-likeness (QED) is 0.869. The molecule has 0 fully saturated rings. The highest BCUT2D eigenvalue weighted by molar-refractivity contribution is 6.31. The molecule has 0 saturated heterocycles. The molecular formula is C15H17ClN2O. The summed E-state index contributed by atoms with van der Waals surface area (Å²) in [6.45, 7) is 1.89. The van der Waals surface area contributed by atoms with Crippen LogP contribution < -0.4 is 5.32 Å². The Morgan fingerprint density at radius 1 is 1.53 bits per heavy atom. The Labute approximate surface area is 117 Å². The van der Waals surface area contributed by atoms with E-state index in [1.54, 1.807) is 0 Å². The number of H-pyrrole nitrogens is 1. The number of aromatic amines is 1. The van der Waals surface area contributed by atoms with Crippen molar-refractivity contribution >= 4 is 28.4 Å². The SMILES string of the molecule is CCC(=O)NC1CCc2[nH]c3cc(Cl)ccc3c2C1. The van der Waals surface area contributed by atoms with Gasteiger partial charge < -0.3 is 10.3 Å². The fraction of sp³-hybridized carbons (Fsp3) is 0.400. The molecule has 4 heteroatoms. The number of aryl methyl sites for hydroxylation is 1. The number of amides is 1. The first-order valence-electron chi connectivity index (χ1n) is 6.75. The van der Waals surface area contributed by atoms with Gasteiger partial charge in [-0.25, -0.2) is 0 Å². The molecule has 1 aromatic heterocycles. The number of rotatable bonds is 2. The minimum Gasteiger partial charge on any atom is -0.358 e. The van der Waals surface area contributed by atoms with E-state index in [4.69, 9.17) is 11.6 Å². The molecule has 3 nitrogen and oxygen atoms in total. The molecule has 19 heavy (non-hydrogen) atoms. The van der Waals surface area contributed by atoms with Crippen LogP contribution in [0.25, 0.3) is 10.9 Å². The highest BCUT2D eigenvalue weighted by atomic mass is 35.5. The van der Waals surface area contributed by atoms with E-state index < -0.39 is 0 Å². The van der Waals surface area contributed by atoms with Gasteiger partial charge in [0.05, 0.1) is 0 Å². The lowest BCUT2D eigenvalue weighted by Gasteiger charge is -2.23. The number of hydrogen-bond acceptors (Lipinski definition) is 1. The van der Waals surface area contributed by atoms with Crippen molar-refractivity contribution in [3.63, 3.8) is 0 Å². The van der Waals surface area contributed by atoms with E-state index in [9.17, 15) is 4.79 Å². The molecule has 100 valence electrons. The van der Waals surface area contributed by atoms with Crippen LogP contribution in [0.5, 0.6) is 0 Å². The van der Waals surface area contributed by atoms with Crippen molar-refractivity contribution in [2.24, 2.45) is 0 Å². The van der Waals surface area contributed by atoms with Crippen molar-refractivity contribution < 1.29 is 4.79 Å². The number of carbonyl (C=O) groups excluding carboxylic acids is 1. The normalized spacial score (nSPS) is 18.3. The Kier molecular flexibility index (Phi) is 3.23. The van der Waals surface area contributed by atoms with E-state index in [1.807, 2.05) is 19.1 Å². The van der Waals surface area contributed by atoms with E-state index in [0.717, 1.165) is 29.8 Å². The average Bonchev–Trinajstić information content (AvgIpc) is 2.75. The molecule has 0 saturated carbocycles. The second-order valence-electron chi connectivity index (χ2n) is 5.13. The van der Waals surface area contributed by atoms with Crippen LogP contribution in [0, 0.1) is 0 Å². The Morgan fingerprint density at radius 2 is 2.37 bits per heavy atom. The van der Waals surface area contributed by atoms with E-state index in [1.165, 1.54) is 16.6 Å². The number of aromatic nitrogens is 1. The van der Waals surface area contributed by atoms with Gasteiger partial charge in [0.15, 0.2) is 0 Å². The summed E-state index contributed by atoms with van der Waals surface area (Å²) >= 11 is 6.02. The molecule has 1 aliphatic rings. The molecule has 1 heterocycles. The minimum absolute atomic E-state index is 0.135. The molecule has 1 unspecified atom stereocenters. The molecular weight excluding hydrogens is 260 g/mol. The van der Waals surface area contributed by atoms with Crippen LogP contribution in [0.4, 0.5) is 0 Å². The summed E-state index contributed by atoms with van der Waals surface area (Å²) in [4.78, 5) is 14.9. The number of hydrogen-bond donors (Lipinski definition) is 2. The molecule has 3 rings (SSSR count). The zero-order chi connectivity index (χ0) is 13.4. The van der Waals surface area contributed by atoms with E-state index in [2.05, 4.69) is 16.4 Å². The highest BCUT2D eigenvalue weighted by Gasteiger charge is 2.23. The van der Waals surface area contributed by atoms with Crippen LogP contribution in [0.2, 0.25) is 5.02 Å². The Balaban J connectivity index is 1.91.